The monoisotopic (exact) mass is 327 g/mol. The highest BCUT2D eigenvalue weighted by atomic mass is 15.2. The Balaban J connectivity index is 1.85. The number of H-pyrrole nitrogens is 1. The van der Waals surface area contributed by atoms with Gasteiger partial charge in [-0.3, -0.25) is 5.10 Å². The van der Waals surface area contributed by atoms with E-state index in [-0.39, 0.29) is 0 Å². The summed E-state index contributed by atoms with van der Waals surface area (Å²) in [4.78, 5) is 6.73. The Labute approximate surface area is 141 Å². The van der Waals surface area contributed by atoms with Crippen molar-refractivity contribution in [3.05, 3.63) is 41.5 Å². The molecule has 1 saturated heterocycles. The minimum absolute atomic E-state index is 0.448. The maximum Gasteiger partial charge on any atom is 0.146 e. The molecule has 1 aromatic heterocycles. The molecule has 0 aliphatic carbocycles. The molecule has 0 radical (unpaired) electrons. The van der Waals surface area contributed by atoms with Gasteiger partial charge in [0.1, 0.15) is 11.7 Å². The highest BCUT2D eigenvalue weighted by molar-refractivity contribution is 6.01. The molecule has 1 atom stereocenters. The molecule has 1 aromatic carbocycles. The fourth-order valence-corrected chi connectivity index (χ4v) is 3.16. The maximum atomic E-state index is 6.23. The van der Waals surface area contributed by atoms with Crippen molar-refractivity contribution in [2.75, 3.05) is 19.6 Å². The number of amidine groups is 1. The number of nitrogens with one attached hydrogen (secondary N) is 1. The van der Waals surface area contributed by atoms with Gasteiger partial charge in [-0.1, -0.05) is 0 Å². The van der Waals surface area contributed by atoms with Gasteiger partial charge in [0.25, 0.3) is 0 Å². The largest absolute Gasteiger partial charge is 0.402 e. The molecule has 0 bridgehead atoms. The van der Waals surface area contributed by atoms with Crippen LogP contribution < -0.4 is 17.2 Å². The number of piperidine rings is 1. The maximum absolute atomic E-state index is 6.23. The third-order valence-corrected chi connectivity index (χ3v) is 4.60. The summed E-state index contributed by atoms with van der Waals surface area (Å²) in [6.45, 7) is 4.47. The number of aromatic nitrogens is 2. The van der Waals surface area contributed by atoms with Crippen molar-refractivity contribution in [1.29, 1.82) is 0 Å². The molecule has 128 valence electrons. The number of hydrogen-bond donors (Lipinski definition) is 4. The number of aryl methyl sites for hydroxylation is 1. The van der Waals surface area contributed by atoms with Crippen LogP contribution in [0.2, 0.25) is 0 Å². The van der Waals surface area contributed by atoms with Crippen molar-refractivity contribution in [3.8, 4) is 0 Å². The summed E-state index contributed by atoms with van der Waals surface area (Å²) in [5.74, 6) is 1.63. The van der Waals surface area contributed by atoms with Crippen LogP contribution in [0.1, 0.15) is 24.1 Å². The Hall–Kier alpha value is -2.54. The molecular weight excluding hydrogens is 302 g/mol. The van der Waals surface area contributed by atoms with Gasteiger partial charge in [0.2, 0.25) is 0 Å². The number of aromatic amines is 1. The Kier molecular flexibility index (Phi) is 4.71. The number of hydrogen-bond acceptors (Lipinski definition) is 5. The lowest BCUT2D eigenvalue weighted by atomic mass is 9.98. The first-order valence-electron chi connectivity index (χ1n) is 8.28. The van der Waals surface area contributed by atoms with Crippen LogP contribution in [0.5, 0.6) is 0 Å². The summed E-state index contributed by atoms with van der Waals surface area (Å²) in [6, 6.07) is 5.86. The fourth-order valence-electron chi connectivity index (χ4n) is 3.16. The molecule has 0 amide bonds. The Morgan fingerprint density at radius 1 is 1.50 bits per heavy atom. The van der Waals surface area contributed by atoms with E-state index in [9.17, 15) is 0 Å². The average Bonchev–Trinajstić information content (AvgIpc) is 3.00. The zero-order valence-electron chi connectivity index (χ0n) is 14.0. The molecule has 24 heavy (non-hydrogen) atoms. The topological polar surface area (TPSA) is 122 Å². The lowest BCUT2D eigenvalue weighted by molar-refractivity contribution is 0.219. The van der Waals surface area contributed by atoms with Crippen LogP contribution >= 0.6 is 0 Å². The first-order chi connectivity index (χ1) is 11.6. The van der Waals surface area contributed by atoms with Gasteiger partial charge in [0, 0.05) is 35.9 Å². The average molecular weight is 327 g/mol. The van der Waals surface area contributed by atoms with Crippen LogP contribution in [0, 0.1) is 12.8 Å². The van der Waals surface area contributed by atoms with E-state index in [1.54, 1.807) is 0 Å². The predicted octanol–water partition coefficient (Wildman–Crippen LogP) is 1.00. The Bertz CT molecular complexity index is 774. The minimum atomic E-state index is 0.448. The number of benzene rings is 1. The summed E-state index contributed by atoms with van der Waals surface area (Å²) < 4.78 is 0. The Morgan fingerprint density at radius 3 is 3.08 bits per heavy atom. The molecule has 2 heterocycles. The van der Waals surface area contributed by atoms with Crippen LogP contribution in [0.4, 0.5) is 0 Å². The van der Waals surface area contributed by atoms with Gasteiger partial charge in [-0.05, 0) is 50.4 Å². The standard InChI is InChI=1S/C17H25N7/c1-11-14-7-13(4-5-15(14)23-22-11)17(20)21-16(9-19)24-6-2-3-12(8-18)10-24/h4-5,7,9,12H,2-3,6,8,10,18-19H2,1H3,(H2,20,21)(H,22,23)/b16-9+. The minimum Gasteiger partial charge on any atom is -0.402 e. The highest BCUT2D eigenvalue weighted by Gasteiger charge is 2.20. The van der Waals surface area contributed by atoms with Gasteiger partial charge in [0.15, 0.2) is 0 Å². The quantitative estimate of drug-likeness (QED) is 0.493. The number of aliphatic imine (C=N–C) groups is 1. The molecule has 1 aliphatic rings. The first kappa shape index (κ1) is 16.3. The summed E-state index contributed by atoms with van der Waals surface area (Å²) in [5, 5.41) is 8.25. The molecule has 2 aromatic rings. The number of likely N-dealkylation sites (tertiary alicyclic amines) is 1. The summed E-state index contributed by atoms with van der Waals surface area (Å²) in [7, 11) is 0. The molecular formula is C17H25N7. The van der Waals surface area contributed by atoms with E-state index < -0.39 is 0 Å². The van der Waals surface area contributed by atoms with Crippen molar-refractivity contribution in [1.82, 2.24) is 15.1 Å². The van der Waals surface area contributed by atoms with Gasteiger partial charge in [-0.25, -0.2) is 4.99 Å². The predicted molar refractivity (Wildman–Crippen MR) is 97.2 cm³/mol. The SMILES string of the molecule is Cc1[nH]nc2ccc(/C(N)=N/C(=C\N)N3CCCC(CN)C3)cc12. The van der Waals surface area contributed by atoms with Crippen molar-refractivity contribution in [2.24, 2.45) is 28.1 Å². The molecule has 3 rings (SSSR count). The van der Waals surface area contributed by atoms with Crippen molar-refractivity contribution in [2.45, 2.75) is 19.8 Å². The van der Waals surface area contributed by atoms with Gasteiger partial charge in [-0.2, -0.15) is 5.10 Å². The molecule has 1 fully saturated rings. The smallest absolute Gasteiger partial charge is 0.146 e. The van der Waals surface area contributed by atoms with Crippen molar-refractivity contribution >= 4 is 16.7 Å². The number of fused-ring (bicyclic) bond motifs is 1. The molecule has 0 saturated carbocycles. The van der Waals surface area contributed by atoms with Gasteiger partial charge < -0.3 is 22.1 Å². The number of rotatable bonds is 4. The molecule has 1 aliphatic heterocycles. The number of nitrogens with zero attached hydrogens (tertiary/aromatic N) is 3. The second kappa shape index (κ2) is 6.92. The van der Waals surface area contributed by atoms with Crippen LogP contribution in [0.15, 0.2) is 35.2 Å². The first-order valence-corrected chi connectivity index (χ1v) is 8.28. The van der Waals surface area contributed by atoms with E-state index in [0.29, 0.717) is 24.1 Å². The lowest BCUT2D eigenvalue weighted by Gasteiger charge is -2.33. The third-order valence-electron chi connectivity index (χ3n) is 4.60. The molecule has 7 heteroatoms. The highest BCUT2D eigenvalue weighted by Crippen LogP contribution is 2.21. The van der Waals surface area contributed by atoms with Gasteiger partial charge >= 0.3 is 0 Å². The molecule has 7 nitrogen and oxygen atoms in total. The number of nitrogens with two attached hydrogens (primary N) is 3. The Morgan fingerprint density at radius 2 is 2.33 bits per heavy atom. The normalized spacial score (nSPS) is 19.9. The summed E-state index contributed by atoms with van der Waals surface area (Å²) >= 11 is 0. The van der Waals surface area contributed by atoms with Gasteiger partial charge in [0.05, 0.1) is 5.52 Å². The van der Waals surface area contributed by atoms with Crippen LogP contribution in [-0.4, -0.2) is 40.6 Å². The summed E-state index contributed by atoms with van der Waals surface area (Å²) in [5.41, 5.74) is 20.6. The van der Waals surface area contributed by atoms with E-state index in [4.69, 9.17) is 17.2 Å². The molecule has 7 N–H and O–H groups in total. The summed E-state index contributed by atoms with van der Waals surface area (Å²) in [6.07, 6.45) is 3.77. The van der Waals surface area contributed by atoms with Crippen LogP contribution in [-0.2, 0) is 0 Å². The van der Waals surface area contributed by atoms with Gasteiger partial charge in [-0.15, -0.1) is 0 Å². The van der Waals surface area contributed by atoms with E-state index >= 15 is 0 Å². The fraction of sp³-hybridized carbons (Fsp3) is 0.412. The molecule has 1 unspecified atom stereocenters. The van der Waals surface area contributed by atoms with E-state index in [0.717, 1.165) is 48.1 Å². The molecule has 0 spiro atoms. The second-order valence-corrected chi connectivity index (χ2v) is 6.29. The van der Waals surface area contributed by atoms with Crippen LogP contribution in [0.25, 0.3) is 10.9 Å². The lowest BCUT2D eigenvalue weighted by Crippen LogP contribution is -2.38. The zero-order chi connectivity index (χ0) is 17.1. The van der Waals surface area contributed by atoms with Crippen LogP contribution in [0.3, 0.4) is 0 Å². The van der Waals surface area contributed by atoms with E-state index in [1.165, 1.54) is 6.20 Å². The van der Waals surface area contributed by atoms with E-state index in [2.05, 4.69) is 20.1 Å². The van der Waals surface area contributed by atoms with E-state index in [1.807, 2.05) is 25.1 Å². The van der Waals surface area contributed by atoms with Crippen molar-refractivity contribution < 1.29 is 0 Å². The van der Waals surface area contributed by atoms with Crippen molar-refractivity contribution in [3.63, 3.8) is 0 Å². The zero-order valence-corrected chi connectivity index (χ0v) is 14.0. The second-order valence-electron chi connectivity index (χ2n) is 6.29. The third kappa shape index (κ3) is 3.21.